The Morgan fingerprint density at radius 2 is 2.15 bits per heavy atom. The van der Waals surface area contributed by atoms with Gasteiger partial charge in [0.2, 0.25) is 10.0 Å². The van der Waals surface area contributed by atoms with E-state index in [0.29, 0.717) is 31.9 Å². The van der Waals surface area contributed by atoms with Crippen molar-refractivity contribution < 1.29 is 13.2 Å². The topological polar surface area (TPSA) is 80.3 Å². The number of anilines is 1. The Morgan fingerprint density at radius 1 is 1.40 bits per heavy atom. The van der Waals surface area contributed by atoms with E-state index in [1.807, 2.05) is 6.92 Å². The van der Waals surface area contributed by atoms with Crippen molar-refractivity contribution in [1.29, 1.82) is 0 Å². The second kappa shape index (κ2) is 8.41. The number of nitrogens with zero attached hydrogens (tertiary/aromatic N) is 1. The van der Waals surface area contributed by atoms with Gasteiger partial charge in [0.1, 0.15) is 10.7 Å². The fourth-order valence-electron chi connectivity index (χ4n) is 1.53. The maximum Gasteiger partial charge on any atom is 0.242 e. The van der Waals surface area contributed by atoms with Crippen molar-refractivity contribution in [3.05, 3.63) is 17.3 Å². The Balaban J connectivity index is 2.65. The van der Waals surface area contributed by atoms with Crippen LogP contribution in [0.3, 0.4) is 0 Å². The molecule has 0 fully saturated rings. The number of rotatable bonds is 9. The van der Waals surface area contributed by atoms with Crippen molar-refractivity contribution in [3.63, 3.8) is 0 Å². The summed E-state index contributed by atoms with van der Waals surface area (Å²) in [5.41, 5.74) is 0. The minimum atomic E-state index is -3.57. The highest BCUT2D eigenvalue weighted by Crippen LogP contribution is 2.22. The Bertz CT molecular complexity index is 523. The molecule has 0 unspecified atom stereocenters. The molecule has 1 rings (SSSR count). The molecule has 0 aromatic carbocycles. The zero-order valence-electron chi connectivity index (χ0n) is 11.6. The number of methoxy groups -OCH3 is 1. The Morgan fingerprint density at radius 3 is 2.75 bits per heavy atom. The van der Waals surface area contributed by atoms with E-state index in [1.165, 1.54) is 12.3 Å². The van der Waals surface area contributed by atoms with Crippen LogP contribution in [-0.2, 0) is 14.8 Å². The molecule has 0 atom stereocenters. The summed E-state index contributed by atoms with van der Waals surface area (Å²) >= 11 is 5.98. The van der Waals surface area contributed by atoms with Crippen LogP contribution in [-0.4, -0.2) is 40.2 Å². The number of aromatic nitrogens is 1. The molecule has 0 radical (unpaired) electrons. The normalized spacial score (nSPS) is 11.6. The van der Waals surface area contributed by atoms with E-state index in [2.05, 4.69) is 15.0 Å². The van der Waals surface area contributed by atoms with Crippen LogP contribution in [0, 0.1) is 0 Å². The lowest BCUT2D eigenvalue weighted by Crippen LogP contribution is -2.25. The lowest BCUT2D eigenvalue weighted by Gasteiger charge is -2.09. The van der Waals surface area contributed by atoms with Gasteiger partial charge in [0, 0.05) is 33.0 Å². The van der Waals surface area contributed by atoms with Crippen LogP contribution in [0.2, 0.25) is 5.02 Å². The molecule has 20 heavy (non-hydrogen) atoms. The van der Waals surface area contributed by atoms with Gasteiger partial charge in [0.25, 0.3) is 0 Å². The first kappa shape index (κ1) is 17.2. The van der Waals surface area contributed by atoms with Gasteiger partial charge in [-0.15, -0.1) is 0 Å². The smallest absolute Gasteiger partial charge is 0.242 e. The summed E-state index contributed by atoms with van der Waals surface area (Å²) in [6, 6.07) is 1.39. The Labute approximate surface area is 124 Å². The first-order chi connectivity index (χ1) is 9.51. The van der Waals surface area contributed by atoms with Crippen LogP contribution in [0.5, 0.6) is 0 Å². The molecule has 1 heterocycles. The number of nitrogens with one attached hydrogen (secondary N) is 2. The SMILES string of the molecule is CCNc1ncc(S(=O)(=O)NCCCCOC)cc1Cl. The van der Waals surface area contributed by atoms with Crippen molar-refractivity contribution in [1.82, 2.24) is 9.71 Å². The molecule has 114 valence electrons. The molecule has 0 aliphatic carbocycles. The average Bonchev–Trinajstić information content (AvgIpc) is 2.41. The highest BCUT2D eigenvalue weighted by atomic mass is 35.5. The summed E-state index contributed by atoms with van der Waals surface area (Å²) in [5, 5.41) is 3.23. The summed E-state index contributed by atoms with van der Waals surface area (Å²) < 4.78 is 31.5. The minimum absolute atomic E-state index is 0.0656. The van der Waals surface area contributed by atoms with Gasteiger partial charge in [-0.1, -0.05) is 11.6 Å². The van der Waals surface area contributed by atoms with Crippen molar-refractivity contribution >= 4 is 27.4 Å². The van der Waals surface area contributed by atoms with E-state index in [0.717, 1.165) is 6.42 Å². The lowest BCUT2D eigenvalue weighted by atomic mass is 10.3. The maximum absolute atomic E-state index is 12.0. The summed E-state index contributed by atoms with van der Waals surface area (Å²) in [7, 11) is -1.95. The zero-order valence-corrected chi connectivity index (χ0v) is 13.2. The number of ether oxygens (including phenoxy) is 1. The third-order valence-electron chi connectivity index (χ3n) is 2.54. The summed E-state index contributed by atoms with van der Waals surface area (Å²) in [5.74, 6) is 0.480. The van der Waals surface area contributed by atoms with Gasteiger partial charge >= 0.3 is 0 Å². The molecule has 8 heteroatoms. The van der Waals surface area contributed by atoms with Crippen molar-refractivity contribution in [2.75, 3.05) is 32.1 Å². The van der Waals surface area contributed by atoms with Gasteiger partial charge in [-0.05, 0) is 25.8 Å². The minimum Gasteiger partial charge on any atom is -0.385 e. The van der Waals surface area contributed by atoms with E-state index in [9.17, 15) is 8.42 Å². The second-order valence-corrected chi connectivity index (χ2v) is 6.30. The largest absolute Gasteiger partial charge is 0.385 e. The van der Waals surface area contributed by atoms with E-state index in [4.69, 9.17) is 16.3 Å². The van der Waals surface area contributed by atoms with E-state index in [1.54, 1.807) is 7.11 Å². The number of pyridine rings is 1. The monoisotopic (exact) mass is 321 g/mol. The molecule has 0 aliphatic rings. The van der Waals surface area contributed by atoms with Crippen LogP contribution in [0.15, 0.2) is 17.2 Å². The van der Waals surface area contributed by atoms with Gasteiger partial charge in [-0.25, -0.2) is 18.1 Å². The van der Waals surface area contributed by atoms with Gasteiger partial charge in [0.05, 0.1) is 5.02 Å². The molecule has 0 spiro atoms. The molecule has 6 nitrogen and oxygen atoms in total. The third kappa shape index (κ3) is 5.24. The van der Waals surface area contributed by atoms with Crippen LogP contribution >= 0.6 is 11.6 Å². The van der Waals surface area contributed by atoms with Gasteiger partial charge < -0.3 is 10.1 Å². The summed E-state index contributed by atoms with van der Waals surface area (Å²) in [4.78, 5) is 4.08. The maximum atomic E-state index is 12.0. The number of unbranched alkanes of at least 4 members (excludes halogenated alkanes) is 1. The molecule has 0 saturated heterocycles. The van der Waals surface area contributed by atoms with Crippen molar-refractivity contribution in [2.45, 2.75) is 24.7 Å². The number of sulfonamides is 1. The zero-order chi connectivity index (χ0) is 15.0. The van der Waals surface area contributed by atoms with Gasteiger partial charge in [0.15, 0.2) is 0 Å². The highest BCUT2D eigenvalue weighted by Gasteiger charge is 2.15. The fraction of sp³-hybridized carbons (Fsp3) is 0.583. The van der Waals surface area contributed by atoms with Gasteiger partial charge in [-0.3, -0.25) is 0 Å². The molecule has 1 aromatic heterocycles. The molecule has 0 aliphatic heterocycles. The summed E-state index contributed by atoms with van der Waals surface area (Å²) in [6.07, 6.45) is 2.81. The van der Waals surface area contributed by atoms with E-state index >= 15 is 0 Å². The van der Waals surface area contributed by atoms with Crippen LogP contribution in [0.4, 0.5) is 5.82 Å². The molecule has 0 amide bonds. The highest BCUT2D eigenvalue weighted by molar-refractivity contribution is 7.89. The average molecular weight is 322 g/mol. The molecule has 0 saturated carbocycles. The standard InChI is InChI=1S/C12H20ClN3O3S/c1-3-14-12-11(13)8-10(9-15-12)20(17,18)16-6-4-5-7-19-2/h8-9,16H,3-7H2,1-2H3,(H,14,15). The molecule has 1 aromatic rings. The first-order valence-electron chi connectivity index (χ1n) is 6.39. The predicted octanol–water partition coefficient (Wildman–Crippen LogP) is 1.87. The number of halogens is 1. The van der Waals surface area contributed by atoms with E-state index in [-0.39, 0.29) is 9.92 Å². The molecule has 2 N–H and O–H groups in total. The van der Waals surface area contributed by atoms with Crippen LogP contribution in [0.1, 0.15) is 19.8 Å². The fourth-order valence-corrected chi connectivity index (χ4v) is 2.87. The van der Waals surface area contributed by atoms with Crippen LogP contribution in [0.25, 0.3) is 0 Å². The Kier molecular flexibility index (Phi) is 7.22. The first-order valence-corrected chi connectivity index (χ1v) is 8.25. The lowest BCUT2D eigenvalue weighted by molar-refractivity contribution is 0.193. The third-order valence-corrected chi connectivity index (χ3v) is 4.25. The molecular formula is C12H20ClN3O3S. The molecular weight excluding hydrogens is 302 g/mol. The Hall–Kier alpha value is -0.890. The van der Waals surface area contributed by atoms with Crippen molar-refractivity contribution in [3.8, 4) is 0 Å². The number of hydrogen-bond acceptors (Lipinski definition) is 5. The van der Waals surface area contributed by atoms with Crippen molar-refractivity contribution in [2.24, 2.45) is 0 Å². The quantitative estimate of drug-likeness (QED) is 0.679. The summed E-state index contributed by atoms with van der Waals surface area (Å²) in [6.45, 7) is 3.55. The second-order valence-electron chi connectivity index (χ2n) is 4.13. The van der Waals surface area contributed by atoms with E-state index < -0.39 is 10.0 Å². The van der Waals surface area contributed by atoms with Gasteiger partial charge in [-0.2, -0.15) is 0 Å². The number of hydrogen-bond donors (Lipinski definition) is 2. The predicted molar refractivity (Wildman–Crippen MR) is 79.7 cm³/mol. The molecule has 0 bridgehead atoms. The van der Waals surface area contributed by atoms with Crippen LogP contribution < -0.4 is 10.0 Å².